The molecule has 138 valence electrons. The lowest BCUT2D eigenvalue weighted by atomic mass is 10.1. The van der Waals surface area contributed by atoms with Crippen molar-refractivity contribution in [1.29, 1.82) is 0 Å². The maximum atomic E-state index is 5.62. The minimum absolute atomic E-state index is 0.667. The Balaban J connectivity index is 1.85. The van der Waals surface area contributed by atoms with Gasteiger partial charge in [-0.15, -0.1) is 0 Å². The van der Waals surface area contributed by atoms with Gasteiger partial charge in [0.25, 0.3) is 0 Å². The van der Waals surface area contributed by atoms with Gasteiger partial charge in [-0.05, 0) is 53.8 Å². The van der Waals surface area contributed by atoms with Crippen LogP contribution in [0.15, 0.2) is 72.8 Å². The molecule has 0 aliphatic carbocycles. The van der Waals surface area contributed by atoms with E-state index >= 15 is 0 Å². The molecule has 0 aromatic heterocycles. The van der Waals surface area contributed by atoms with Crippen LogP contribution >= 0.6 is 12.2 Å². The summed E-state index contributed by atoms with van der Waals surface area (Å²) < 4.78 is 5.25. The molecule has 0 radical (unpaired) electrons. The number of methoxy groups -OCH3 is 1. The first kappa shape index (κ1) is 18.9. The summed E-state index contributed by atoms with van der Waals surface area (Å²) in [7, 11) is 1.67. The highest BCUT2D eigenvalue weighted by Gasteiger charge is 2.05. The van der Waals surface area contributed by atoms with Gasteiger partial charge in [-0.25, -0.2) is 0 Å². The maximum absolute atomic E-state index is 5.62. The van der Waals surface area contributed by atoms with E-state index in [1.54, 1.807) is 7.11 Å². The quantitative estimate of drug-likeness (QED) is 0.414. The number of thiocarbonyl (C=S) groups is 1. The third-order valence-electron chi connectivity index (χ3n) is 4.29. The van der Waals surface area contributed by atoms with E-state index in [-0.39, 0.29) is 0 Å². The number of anilines is 1. The van der Waals surface area contributed by atoms with Gasteiger partial charge in [0.05, 0.1) is 7.11 Å². The zero-order valence-corrected chi connectivity index (χ0v) is 16.5. The Morgan fingerprint density at radius 1 is 1.00 bits per heavy atom. The first-order chi connectivity index (χ1) is 13.2. The molecular weight excluding hydrogens is 352 g/mol. The molecular formula is C23H24N2OS. The number of hydrogen-bond acceptors (Lipinski definition) is 3. The second-order valence-electron chi connectivity index (χ2n) is 6.23. The monoisotopic (exact) mass is 376 g/mol. The van der Waals surface area contributed by atoms with Gasteiger partial charge in [-0.3, -0.25) is 0 Å². The number of fused-ring (bicyclic) bond motifs is 1. The van der Waals surface area contributed by atoms with Gasteiger partial charge in [0.1, 0.15) is 10.7 Å². The minimum Gasteiger partial charge on any atom is -0.497 e. The number of benzene rings is 3. The molecule has 3 nitrogen and oxygen atoms in total. The summed E-state index contributed by atoms with van der Waals surface area (Å²) in [5.74, 6) is 0.838. The lowest BCUT2D eigenvalue weighted by Crippen LogP contribution is -2.16. The van der Waals surface area contributed by atoms with Crippen LogP contribution in [-0.4, -0.2) is 18.6 Å². The van der Waals surface area contributed by atoms with Crippen LogP contribution in [0.2, 0.25) is 0 Å². The van der Waals surface area contributed by atoms with Crippen molar-refractivity contribution in [3.63, 3.8) is 0 Å². The molecule has 0 atom stereocenters. The molecule has 0 aliphatic heterocycles. The Morgan fingerprint density at radius 2 is 1.74 bits per heavy atom. The second kappa shape index (κ2) is 9.19. The van der Waals surface area contributed by atoms with Gasteiger partial charge in [0.15, 0.2) is 0 Å². The molecule has 0 bridgehead atoms. The van der Waals surface area contributed by atoms with Crippen LogP contribution in [0.3, 0.4) is 0 Å². The van der Waals surface area contributed by atoms with Gasteiger partial charge in [-0.1, -0.05) is 55.5 Å². The van der Waals surface area contributed by atoms with Crippen LogP contribution in [0.4, 0.5) is 5.69 Å². The van der Waals surface area contributed by atoms with E-state index in [1.165, 1.54) is 5.39 Å². The lowest BCUT2D eigenvalue weighted by molar-refractivity contribution is 0.415. The number of nitrogens with one attached hydrogen (secondary N) is 2. The smallest absolute Gasteiger partial charge is 0.118 e. The van der Waals surface area contributed by atoms with Gasteiger partial charge in [0.2, 0.25) is 0 Å². The van der Waals surface area contributed by atoms with Crippen molar-refractivity contribution >= 4 is 39.4 Å². The molecule has 0 saturated heterocycles. The Bertz CT molecular complexity index is 943. The Labute approximate surface area is 166 Å². The molecule has 0 fully saturated rings. The third-order valence-corrected chi connectivity index (χ3v) is 4.51. The molecule has 27 heavy (non-hydrogen) atoms. The summed E-state index contributed by atoms with van der Waals surface area (Å²) >= 11 is 5.62. The van der Waals surface area contributed by atoms with Crippen molar-refractivity contribution in [2.45, 2.75) is 13.3 Å². The summed E-state index contributed by atoms with van der Waals surface area (Å²) in [6, 6.07) is 22.5. The van der Waals surface area contributed by atoms with Crippen LogP contribution < -0.4 is 15.4 Å². The molecule has 4 heteroatoms. The Morgan fingerprint density at radius 3 is 2.48 bits per heavy atom. The fourth-order valence-corrected chi connectivity index (χ4v) is 3.13. The van der Waals surface area contributed by atoms with Gasteiger partial charge < -0.3 is 15.4 Å². The fourth-order valence-electron chi connectivity index (χ4n) is 2.90. The van der Waals surface area contributed by atoms with E-state index in [9.17, 15) is 0 Å². The van der Waals surface area contributed by atoms with E-state index in [0.29, 0.717) is 4.99 Å². The largest absolute Gasteiger partial charge is 0.497 e. The van der Waals surface area contributed by atoms with Crippen LogP contribution in [0.1, 0.15) is 18.9 Å². The molecule has 0 heterocycles. The summed E-state index contributed by atoms with van der Waals surface area (Å²) in [5.41, 5.74) is 3.09. The van der Waals surface area contributed by atoms with E-state index in [4.69, 9.17) is 17.0 Å². The topological polar surface area (TPSA) is 33.3 Å². The van der Waals surface area contributed by atoms with Crippen LogP contribution in [0.25, 0.3) is 16.5 Å². The summed E-state index contributed by atoms with van der Waals surface area (Å²) in [5, 5.41) is 9.19. The van der Waals surface area contributed by atoms with Crippen molar-refractivity contribution < 1.29 is 4.74 Å². The first-order valence-corrected chi connectivity index (χ1v) is 9.51. The van der Waals surface area contributed by atoms with Crippen molar-refractivity contribution in [2.75, 3.05) is 19.0 Å². The first-order valence-electron chi connectivity index (χ1n) is 9.10. The molecule has 3 rings (SSSR count). The molecule has 3 aromatic rings. The molecule has 0 aliphatic rings. The summed E-state index contributed by atoms with van der Waals surface area (Å²) in [6.07, 6.45) is 3.02. The zero-order chi connectivity index (χ0) is 19.1. The predicted octanol–water partition coefficient (Wildman–Crippen LogP) is 5.63. The summed E-state index contributed by atoms with van der Waals surface area (Å²) in [6.45, 7) is 3.03. The molecule has 0 spiro atoms. The predicted molar refractivity (Wildman–Crippen MR) is 119 cm³/mol. The van der Waals surface area contributed by atoms with Crippen LogP contribution in [0, 0.1) is 0 Å². The fraction of sp³-hybridized carbons (Fsp3) is 0.174. The average molecular weight is 377 g/mol. The van der Waals surface area contributed by atoms with Crippen LogP contribution in [-0.2, 0) is 0 Å². The molecule has 0 amide bonds. The maximum Gasteiger partial charge on any atom is 0.118 e. The highest BCUT2D eigenvalue weighted by atomic mass is 32.1. The van der Waals surface area contributed by atoms with Crippen molar-refractivity contribution in [3.8, 4) is 5.75 Å². The molecule has 0 saturated carbocycles. The highest BCUT2D eigenvalue weighted by molar-refractivity contribution is 7.81. The zero-order valence-electron chi connectivity index (χ0n) is 15.7. The van der Waals surface area contributed by atoms with E-state index in [1.807, 2.05) is 48.5 Å². The molecule has 2 N–H and O–H groups in total. The Hall–Kier alpha value is -2.85. The number of rotatable bonds is 7. The van der Waals surface area contributed by atoms with E-state index < -0.39 is 0 Å². The van der Waals surface area contributed by atoms with E-state index in [2.05, 4.69) is 41.8 Å². The second-order valence-corrected chi connectivity index (χ2v) is 6.67. The SMILES string of the molecule is CCCN/C(=C\C(=S)Nc1cccc2ccccc12)c1ccc(OC)cc1. The van der Waals surface area contributed by atoms with Crippen molar-refractivity contribution in [3.05, 3.63) is 78.4 Å². The van der Waals surface area contributed by atoms with Gasteiger partial charge in [-0.2, -0.15) is 0 Å². The Kier molecular flexibility index (Phi) is 6.44. The third kappa shape index (κ3) is 4.86. The standard InChI is InChI=1S/C23H24N2OS/c1-3-15-24-22(18-11-13-19(26-2)14-12-18)16-23(27)25-21-10-6-8-17-7-4-5-9-20(17)21/h4-14,16,24H,3,15H2,1-2H3,(H,25,27)/b22-16-. The molecule has 0 unspecified atom stereocenters. The summed E-state index contributed by atoms with van der Waals surface area (Å²) in [4.78, 5) is 0.667. The number of hydrogen-bond donors (Lipinski definition) is 2. The molecule has 3 aromatic carbocycles. The van der Waals surface area contributed by atoms with E-state index in [0.717, 1.165) is 41.0 Å². The van der Waals surface area contributed by atoms with Crippen molar-refractivity contribution in [2.24, 2.45) is 0 Å². The minimum atomic E-state index is 0.667. The lowest BCUT2D eigenvalue weighted by Gasteiger charge is -2.13. The number of ether oxygens (including phenoxy) is 1. The van der Waals surface area contributed by atoms with Gasteiger partial charge >= 0.3 is 0 Å². The average Bonchev–Trinajstić information content (AvgIpc) is 2.71. The normalized spacial score (nSPS) is 11.3. The highest BCUT2D eigenvalue weighted by Crippen LogP contribution is 2.23. The van der Waals surface area contributed by atoms with Gasteiger partial charge in [0, 0.05) is 23.3 Å². The van der Waals surface area contributed by atoms with Crippen LogP contribution in [0.5, 0.6) is 5.75 Å². The van der Waals surface area contributed by atoms with Crippen molar-refractivity contribution in [1.82, 2.24) is 5.32 Å².